The van der Waals surface area contributed by atoms with E-state index in [4.69, 9.17) is 0 Å². The highest BCUT2D eigenvalue weighted by Gasteiger charge is 2.08. The van der Waals surface area contributed by atoms with E-state index in [2.05, 4.69) is 15.2 Å². The van der Waals surface area contributed by atoms with Gasteiger partial charge >= 0.3 is 5.69 Å². The molecule has 1 aromatic carbocycles. The first-order valence-electron chi connectivity index (χ1n) is 5.11. The molecule has 0 saturated carbocycles. The molecule has 2 N–H and O–H groups in total. The van der Waals surface area contributed by atoms with Crippen LogP contribution in [0.2, 0.25) is 0 Å². The monoisotopic (exact) mass is 232 g/mol. The minimum atomic E-state index is -0.605. The molecule has 0 aliphatic rings. The third-order valence-corrected chi connectivity index (χ3v) is 2.32. The van der Waals surface area contributed by atoms with Gasteiger partial charge in [-0.25, -0.2) is 9.89 Å². The molecule has 6 nitrogen and oxygen atoms in total. The zero-order valence-corrected chi connectivity index (χ0v) is 9.30. The Kier molecular flexibility index (Phi) is 3.04. The van der Waals surface area contributed by atoms with Crippen molar-refractivity contribution < 1.29 is 0 Å². The maximum absolute atomic E-state index is 11.5. The van der Waals surface area contributed by atoms with Crippen molar-refractivity contribution in [3.05, 3.63) is 56.7 Å². The Balaban J connectivity index is 2.23. The predicted octanol–water partition coefficient (Wildman–Crippen LogP) is 0.0946. The molecule has 2 aromatic rings. The van der Waals surface area contributed by atoms with Crippen LogP contribution in [0.3, 0.4) is 0 Å². The maximum Gasteiger partial charge on any atom is 0.342 e. The third-order valence-electron chi connectivity index (χ3n) is 2.32. The van der Waals surface area contributed by atoms with Crippen LogP contribution in [0.5, 0.6) is 0 Å². The number of hydrogen-bond donors (Lipinski definition) is 2. The van der Waals surface area contributed by atoms with Crippen LogP contribution in [0.15, 0.2) is 39.9 Å². The number of benzene rings is 1. The van der Waals surface area contributed by atoms with Crippen molar-refractivity contribution in [2.24, 2.45) is 0 Å². The zero-order chi connectivity index (χ0) is 12.3. The number of rotatable bonds is 3. The number of H-pyrrole nitrogens is 2. The summed E-state index contributed by atoms with van der Waals surface area (Å²) in [5, 5.41) is 5.92. The van der Waals surface area contributed by atoms with Gasteiger partial charge in [-0.1, -0.05) is 30.3 Å². The molecule has 0 aliphatic carbocycles. The van der Waals surface area contributed by atoms with E-state index >= 15 is 0 Å². The molecule has 17 heavy (non-hydrogen) atoms. The average molecular weight is 232 g/mol. The van der Waals surface area contributed by atoms with E-state index in [0.29, 0.717) is 6.54 Å². The third kappa shape index (κ3) is 2.60. The van der Waals surface area contributed by atoms with E-state index in [9.17, 15) is 9.59 Å². The lowest BCUT2D eigenvalue weighted by molar-refractivity contribution is 0.813. The summed E-state index contributed by atoms with van der Waals surface area (Å²) < 4.78 is 0. The fraction of sp³-hybridized carbons (Fsp3) is 0.182. The van der Waals surface area contributed by atoms with Gasteiger partial charge in [-0.3, -0.25) is 9.78 Å². The van der Waals surface area contributed by atoms with Crippen LogP contribution in [0.4, 0.5) is 5.82 Å². The van der Waals surface area contributed by atoms with Crippen LogP contribution in [-0.4, -0.2) is 22.2 Å². The Morgan fingerprint density at radius 2 is 1.94 bits per heavy atom. The second kappa shape index (κ2) is 4.65. The lowest BCUT2D eigenvalue weighted by Crippen LogP contribution is -2.31. The molecule has 0 bridgehead atoms. The number of nitrogens with one attached hydrogen (secondary N) is 2. The van der Waals surface area contributed by atoms with Gasteiger partial charge in [0, 0.05) is 13.6 Å². The van der Waals surface area contributed by atoms with Crippen LogP contribution in [-0.2, 0) is 6.54 Å². The van der Waals surface area contributed by atoms with Crippen LogP contribution in [0, 0.1) is 0 Å². The summed E-state index contributed by atoms with van der Waals surface area (Å²) in [6.45, 7) is 0.545. The lowest BCUT2D eigenvalue weighted by Gasteiger charge is -2.16. The molecule has 0 radical (unpaired) electrons. The molecular weight excluding hydrogens is 220 g/mol. The van der Waals surface area contributed by atoms with Crippen molar-refractivity contribution in [1.82, 2.24) is 15.2 Å². The highest BCUT2D eigenvalue weighted by Crippen LogP contribution is 2.06. The molecule has 88 valence electrons. The zero-order valence-electron chi connectivity index (χ0n) is 9.30. The Hall–Kier alpha value is -2.37. The highest BCUT2D eigenvalue weighted by molar-refractivity contribution is 5.34. The van der Waals surface area contributed by atoms with E-state index in [1.165, 1.54) is 0 Å². The molecule has 0 atom stereocenters. The van der Waals surface area contributed by atoms with Crippen molar-refractivity contribution in [2.45, 2.75) is 6.54 Å². The number of aromatic amines is 2. The minimum Gasteiger partial charge on any atom is -0.349 e. The Morgan fingerprint density at radius 3 is 2.59 bits per heavy atom. The van der Waals surface area contributed by atoms with Gasteiger partial charge in [-0.15, -0.1) is 5.10 Å². The standard InChI is InChI=1S/C11H12N4O2/c1-15(7-8-5-3-2-4-6-8)9-10(16)12-11(17)14-13-9/h2-6H,7H2,1H3,(H2,12,14,16,17). The van der Waals surface area contributed by atoms with Gasteiger partial charge in [0.15, 0.2) is 0 Å². The first-order valence-corrected chi connectivity index (χ1v) is 5.11. The Bertz CT molecular complexity index is 603. The van der Waals surface area contributed by atoms with E-state index in [1.54, 1.807) is 11.9 Å². The van der Waals surface area contributed by atoms with Gasteiger partial charge in [0.1, 0.15) is 0 Å². The number of hydrogen-bond acceptors (Lipinski definition) is 4. The summed E-state index contributed by atoms with van der Waals surface area (Å²) in [7, 11) is 1.74. The largest absolute Gasteiger partial charge is 0.349 e. The molecule has 2 rings (SSSR count). The number of nitrogens with zero attached hydrogens (tertiary/aromatic N) is 2. The van der Waals surface area contributed by atoms with Gasteiger partial charge in [0.05, 0.1) is 0 Å². The second-order valence-corrected chi connectivity index (χ2v) is 3.67. The van der Waals surface area contributed by atoms with Crippen molar-refractivity contribution in [3.63, 3.8) is 0 Å². The van der Waals surface area contributed by atoms with Gasteiger partial charge in [-0.2, -0.15) is 0 Å². The summed E-state index contributed by atoms with van der Waals surface area (Å²) in [4.78, 5) is 26.1. The number of aromatic nitrogens is 3. The summed E-state index contributed by atoms with van der Waals surface area (Å²) in [5.41, 5.74) is -0.0403. The molecule has 0 saturated heterocycles. The Labute approximate surface area is 96.9 Å². The SMILES string of the molecule is CN(Cc1ccccc1)c1n[nH]c(=O)[nH]c1=O. The van der Waals surface area contributed by atoms with E-state index < -0.39 is 11.2 Å². The predicted molar refractivity (Wildman–Crippen MR) is 64.0 cm³/mol. The average Bonchev–Trinajstić information content (AvgIpc) is 2.30. The summed E-state index contributed by atoms with van der Waals surface area (Å²) >= 11 is 0. The van der Waals surface area contributed by atoms with Crippen LogP contribution in [0.1, 0.15) is 5.56 Å². The molecule has 1 aromatic heterocycles. The second-order valence-electron chi connectivity index (χ2n) is 3.67. The molecule has 1 heterocycles. The van der Waals surface area contributed by atoms with Gasteiger partial charge < -0.3 is 4.90 Å². The van der Waals surface area contributed by atoms with E-state index in [-0.39, 0.29) is 5.82 Å². The van der Waals surface area contributed by atoms with Crippen molar-refractivity contribution in [2.75, 3.05) is 11.9 Å². The molecule has 0 amide bonds. The topological polar surface area (TPSA) is 81.8 Å². The van der Waals surface area contributed by atoms with Crippen LogP contribution in [0.25, 0.3) is 0 Å². The first-order chi connectivity index (χ1) is 8.16. The molecular formula is C11H12N4O2. The first kappa shape index (κ1) is 11.1. The Morgan fingerprint density at radius 1 is 1.24 bits per heavy atom. The fourth-order valence-corrected chi connectivity index (χ4v) is 1.53. The quantitative estimate of drug-likeness (QED) is 0.786. The highest BCUT2D eigenvalue weighted by atomic mass is 16.2. The fourth-order valence-electron chi connectivity index (χ4n) is 1.53. The van der Waals surface area contributed by atoms with Crippen molar-refractivity contribution in [1.29, 1.82) is 0 Å². The normalized spacial score (nSPS) is 10.2. The number of anilines is 1. The summed E-state index contributed by atoms with van der Waals surface area (Å²) in [5.74, 6) is 0.188. The van der Waals surface area contributed by atoms with Gasteiger partial charge in [-0.05, 0) is 5.56 Å². The van der Waals surface area contributed by atoms with E-state index in [1.807, 2.05) is 30.3 Å². The van der Waals surface area contributed by atoms with Crippen molar-refractivity contribution >= 4 is 5.82 Å². The van der Waals surface area contributed by atoms with Crippen LogP contribution >= 0.6 is 0 Å². The summed E-state index contributed by atoms with van der Waals surface area (Å²) in [6, 6.07) is 9.68. The lowest BCUT2D eigenvalue weighted by atomic mass is 10.2. The van der Waals surface area contributed by atoms with E-state index in [0.717, 1.165) is 5.56 Å². The molecule has 6 heteroatoms. The molecule has 0 unspecified atom stereocenters. The minimum absolute atomic E-state index is 0.188. The van der Waals surface area contributed by atoms with Crippen LogP contribution < -0.4 is 16.1 Å². The van der Waals surface area contributed by atoms with Crippen molar-refractivity contribution in [3.8, 4) is 0 Å². The molecule has 0 fully saturated rings. The molecule has 0 aliphatic heterocycles. The maximum atomic E-state index is 11.5. The van der Waals surface area contributed by atoms with Gasteiger partial charge in [0.25, 0.3) is 5.56 Å². The van der Waals surface area contributed by atoms with Gasteiger partial charge in [0.2, 0.25) is 5.82 Å². The smallest absolute Gasteiger partial charge is 0.342 e. The molecule has 0 spiro atoms. The summed E-state index contributed by atoms with van der Waals surface area (Å²) in [6.07, 6.45) is 0.